The lowest BCUT2D eigenvalue weighted by Gasteiger charge is -2.38. The number of rotatable bonds is 3. The Morgan fingerprint density at radius 1 is 1.16 bits per heavy atom. The zero-order valence-electron chi connectivity index (χ0n) is 11.9. The molecule has 3 atom stereocenters. The molecular weight excluding hydrogens is 277 g/mol. The van der Waals surface area contributed by atoms with E-state index in [1.807, 2.05) is 18.2 Å². The summed E-state index contributed by atoms with van der Waals surface area (Å²) in [4.78, 5) is 0. The SMILES string of the molecule is CC1CCC(C(C)C)C(Nc2c(Cl)cccc2Cl)C1. The molecule has 1 N–H and O–H groups in total. The fourth-order valence-electron chi connectivity index (χ4n) is 3.19. The molecule has 0 heterocycles. The highest BCUT2D eigenvalue weighted by Crippen LogP contribution is 2.38. The van der Waals surface area contributed by atoms with Gasteiger partial charge in [0.1, 0.15) is 0 Å². The maximum absolute atomic E-state index is 6.27. The van der Waals surface area contributed by atoms with Crippen LogP contribution in [0.4, 0.5) is 5.69 Å². The van der Waals surface area contributed by atoms with E-state index >= 15 is 0 Å². The van der Waals surface area contributed by atoms with Gasteiger partial charge >= 0.3 is 0 Å². The van der Waals surface area contributed by atoms with Gasteiger partial charge in [-0.15, -0.1) is 0 Å². The third-order valence-corrected chi connectivity index (χ3v) is 4.94. The molecule has 1 saturated carbocycles. The molecule has 0 aliphatic heterocycles. The molecule has 1 aromatic carbocycles. The molecule has 2 rings (SSSR count). The lowest BCUT2D eigenvalue weighted by atomic mass is 9.74. The van der Waals surface area contributed by atoms with Gasteiger partial charge in [-0.25, -0.2) is 0 Å². The van der Waals surface area contributed by atoms with Crippen LogP contribution in [0.3, 0.4) is 0 Å². The number of nitrogens with one attached hydrogen (secondary N) is 1. The molecule has 0 aromatic heterocycles. The van der Waals surface area contributed by atoms with E-state index in [1.54, 1.807) is 0 Å². The average molecular weight is 300 g/mol. The number of para-hydroxylation sites is 1. The zero-order chi connectivity index (χ0) is 14.0. The number of anilines is 1. The third kappa shape index (κ3) is 3.58. The summed E-state index contributed by atoms with van der Waals surface area (Å²) in [6, 6.07) is 6.15. The lowest BCUT2D eigenvalue weighted by molar-refractivity contribution is 0.212. The van der Waals surface area contributed by atoms with Crippen LogP contribution in [0.25, 0.3) is 0 Å². The first kappa shape index (κ1) is 15.0. The number of hydrogen-bond donors (Lipinski definition) is 1. The van der Waals surface area contributed by atoms with E-state index in [-0.39, 0.29) is 0 Å². The van der Waals surface area contributed by atoms with Gasteiger partial charge in [-0.05, 0) is 42.7 Å². The molecule has 1 aliphatic rings. The van der Waals surface area contributed by atoms with E-state index in [4.69, 9.17) is 23.2 Å². The van der Waals surface area contributed by atoms with Crippen LogP contribution in [0.2, 0.25) is 10.0 Å². The van der Waals surface area contributed by atoms with Crippen molar-refractivity contribution in [3.05, 3.63) is 28.2 Å². The number of halogens is 2. The minimum atomic E-state index is 0.473. The molecule has 1 nitrogen and oxygen atoms in total. The first-order valence-electron chi connectivity index (χ1n) is 7.19. The second kappa shape index (κ2) is 6.37. The van der Waals surface area contributed by atoms with Gasteiger partial charge in [0.15, 0.2) is 0 Å². The Balaban J connectivity index is 2.19. The van der Waals surface area contributed by atoms with Crippen molar-refractivity contribution >= 4 is 28.9 Å². The van der Waals surface area contributed by atoms with Gasteiger partial charge in [0.2, 0.25) is 0 Å². The monoisotopic (exact) mass is 299 g/mol. The average Bonchev–Trinajstić information content (AvgIpc) is 2.33. The summed E-state index contributed by atoms with van der Waals surface area (Å²) < 4.78 is 0. The molecule has 3 unspecified atom stereocenters. The molecule has 0 spiro atoms. The predicted octanol–water partition coefficient (Wildman–Crippen LogP) is 5.87. The molecule has 3 heteroatoms. The second-order valence-electron chi connectivity index (χ2n) is 6.17. The summed E-state index contributed by atoms with van der Waals surface area (Å²) in [6.45, 7) is 6.95. The molecule has 0 saturated heterocycles. The van der Waals surface area contributed by atoms with Crippen molar-refractivity contribution in [2.24, 2.45) is 17.8 Å². The predicted molar refractivity (Wildman–Crippen MR) is 85.2 cm³/mol. The molecule has 19 heavy (non-hydrogen) atoms. The first-order chi connectivity index (χ1) is 8.99. The van der Waals surface area contributed by atoms with Crippen molar-refractivity contribution in [3.63, 3.8) is 0 Å². The van der Waals surface area contributed by atoms with Crippen molar-refractivity contribution in [1.82, 2.24) is 0 Å². The lowest BCUT2D eigenvalue weighted by Crippen LogP contribution is -2.38. The van der Waals surface area contributed by atoms with Crippen LogP contribution < -0.4 is 5.32 Å². The van der Waals surface area contributed by atoms with Crippen molar-refractivity contribution in [2.75, 3.05) is 5.32 Å². The van der Waals surface area contributed by atoms with E-state index in [0.29, 0.717) is 27.9 Å². The van der Waals surface area contributed by atoms with Crippen LogP contribution in [0, 0.1) is 17.8 Å². The van der Waals surface area contributed by atoms with Crippen LogP contribution in [-0.2, 0) is 0 Å². The summed E-state index contributed by atoms with van der Waals surface area (Å²) in [5.74, 6) is 2.16. The molecule has 0 amide bonds. The molecule has 0 bridgehead atoms. The van der Waals surface area contributed by atoms with Gasteiger partial charge < -0.3 is 5.32 Å². The highest BCUT2D eigenvalue weighted by Gasteiger charge is 2.31. The highest BCUT2D eigenvalue weighted by atomic mass is 35.5. The van der Waals surface area contributed by atoms with Gasteiger partial charge in [-0.2, -0.15) is 0 Å². The molecular formula is C16H23Cl2N. The minimum absolute atomic E-state index is 0.473. The van der Waals surface area contributed by atoms with Gasteiger partial charge in [-0.1, -0.05) is 56.5 Å². The van der Waals surface area contributed by atoms with Gasteiger partial charge in [0.25, 0.3) is 0 Å². The highest BCUT2D eigenvalue weighted by molar-refractivity contribution is 6.39. The maximum atomic E-state index is 6.27. The molecule has 1 aromatic rings. The fourth-order valence-corrected chi connectivity index (χ4v) is 3.70. The minimum Gasteiger partial charge on any atom is -0.380 e. The standard InChI is InChI=1S/C16H23Cl2N/c1-10(2)12-8-7-11(3)9-15(12)19-16-13(17)5-4-6-14(16)18/h4-6,10-12,15,19H,7-9H2,1-3H3. The molecule has 1 aliphatic carbocycles. The van der Waals surface area contributed by atoms with Crippen molar-refractivity contribution in [2.45, 2.75) is 46.1 Å². The topological polar surface area (TPSA) is 12.0 Å². The summed E-state index contributed by atoms with van der Waals surface area (Å²) in [7, 11) is 0. The fraction of sp³-hybridized carbons (Fsp3) is 0.625. The first-order valence-corrected chi connectivity index (χ1v) is 7.95. The Bertz CT molecular complexity index is 411. The van der Waals surface area contributed by atoms with Gasteiger partial charge in [0, 0.05) is 6.04 Å². The normalized spacial score (nSPS) is 27.6. The zero-order valence-corrected chi connectivity index (χ0v) is 13.4. The molecule has 1 fully saturated rings. The van der Waals surface area contributed by atoms with E-state index in [0.717, 1.165) is 11.6 Å². The Kier molecular flexibility index (Phi) is 5.03. The van der Waals surface area contributed by atoms with Crippen molar-refractivity contribution < 1.29 is 0 Å². The number of benzene rings is 1. The quantitative estimate of drug-likeness (QED) is 0.736. The molecule has 0 radical (unpaired) electrons. The Hall–Kier alpha value is -0.400. The largest absolute Gasteiger partial charge is 0.380 e. The van der Waals surface area contributed by atoms with Crippen molar-refractivity contribution in [1.29, 1.82) is 0 Å². The maximum Gasteiger partial charge on any atom is 0.0721 e. The summed E-state index contributed by atoms with van der Waals surface area (Å²) in [5.41, 5.74) is 0.899. The second-order valence-corrected chi connectivity index (χ2v) is 6.99. The Morgan fingerprint density at radius 2 is 1.79 bits per heavy atom. The van der Waals surface area contributed by atoms with E-state index in [2.05, 4.69) is 26.1 Å². The van der Waals surface area contributed by atoms with Gasteiger partial charge in [0.05, 0.1) is 15.7 Å². The summed E-state index contributed by atoms with van der Waals surface area (Å²) in [5, 5.41) is 5.05. The van der Waals surface area contributed by atoms with Crippen LogP contribution in [0.1, 0.15) is 40.0 Å². The smallest absolute Gasteiger partial charge is 0.0721 e. The Labute approximate surface area is 126 Å². The van der Waals surface area contributed by atoms with Crippen LogP contribution >= 0.6 is 23.2 Å². The third-order valence-electron chi connectivity index (χ3n) is 4.31. The van der Waals surface area contributed by atoms with Gasteiger partial charge in [-0.3, -0.25) is 0 Å². The van der Waals surface area contributed by atoms with Crippen LogP contribution in [0.15, 0.2) is 18.2 Å². The van der Waals surface area contributed by atoms with E-state index in [9.17, 15) is 0 Å². The van der Waals surface area contributed by atoms with Crippen molar-refractivity contribution in [3.8, 4) is 0 Å². The molecule has 106 valence electrons. The summed E-state index contributed by atoms with van der Waals surface area (Å²) >= 11 is 12.5. The van der Waals surface area contributed by atoms with E-state index < -0.39 is 0 Å². The Morgan fingerprint density at radius 3 is 2.37 bits per heavy atom. The van der Waals surface area contributed by atoms with Crippen LogP contribution in [-0.4, -0.2) is 6.04 Å². The van der Waals surface area contributed by atoms with E-state index in [1.165, 1.54) is 19.3 Å². The summed E-state index contributed by atoms with van der Waals surface area (Å²) in [6.07, 6.45) is 3.82. The number of hydrogen-bond acceptors (Lipinski definition) is 1. The van der Waals surface area contributed by atoms with Crippen LogP contribution in [0.5, 0.6) is 0 Å².